The number of aliphatic hydroxyl groups is 1. The molecule has 2 N–H and O–H groups in total. The van der Waals surface area contributed by atoms with E-state index in [4.69, 9.17) is 10.4 Å². The smallest absolute Gasteiger partial charge is 0.163 e. The van der Waals surface area contributed by atoms with Crippen LogP contribution in [0.15, 0.2) is 18.3 Å². The monoisotopic (exact) mass is 219 g/mol. The van der Waals surface area contributed by atoms with E-state index in [0.29, 0.717) is 11.6 Å². The van der Waals surface area contributed by atoms with Crippen LogP contribution < -0.4 is 5.32 Å². The highest BCUT2D eigenvalue weighted by atomic mass is 16.3. The van der Waals surface area contributed by atoms with E-state index in [2.05, 4.69) is 17.2 Å². The van der Waals surface area contributed by atoms with Crippen molar-refractivity contribution in [3.8, 4) is 6.07 Å². The molecule has 1 aromatic heterocycles. The topological polar surface area (TPSA) is 68.9 Å². The molecule has 0 bridgehead atoms. The first-order valence-corrected chi connectivity index (χ1v) is 5.51. The third kappa shape index (κ3) is 3.52. The van der Waals surface area contributed by atoms with Crippen LogP contribution in [0.25, 0.3) is 0 Å². The van der Waals surface area contributed by atoms with Crippen molar-refractivity contribution in [1.82, 2.24) is 4.98 Å². The lowest BCUT2D eigenvalue weighted by Gasteiger charge is -2.15. The largest absolute Gasteiger partial charge is 0.396 e. The second-order valence-electron chi connectivity index (χ2n) is 3.68. The maximum absolute atomic E-state index is 8.87. The summed E-state index contributed by atoms with van der Waals surface area (Å²) in [6, 6.07) is 5.69. The predicted molar refractivity (Wildman–Crippen MR) is 62.9 cm³/mol. The van der Waals surface area contributed by atoms with Gasteiger partial charge in [0.05, 0.1) is 5.69 Å². The molecule has 1 rings (SSSR count). The van der Waals surface area contributed by atoms with Gasteiger partial charge in [0.25, 0.3) is 0 Å². The van der Waals surface area contributed by atoms with Gasteiger partial charge in [0, 0.05) is 19.3 Å². The zero-order chi connectivity index (χ0) is 11.8. The molecule has 0 spiro atoms. The number of pyridine rings is 1. The highest BCUT2D eigenvalue weighted by Crippen LogP contribution is 2.14. The summed E-state index contributed by atoms with van der Waals surface area (Å²) in [6.07, 6.45) is 3.40. The summed E-state index contributed by atoms with van der Waals surface area (Å²) in [5, 5.41) is 20.9. The zero-order valence-corrected chi connectivity index (χ0v) is 9.48. The minimum Gasteiger partial charge on any atom is -0.396 e. The molecule has 0 aromatic carbocycles. The average Bonchev–Trinajstić information content (AvgIpc) is 2.34. The Bertz CT molecular complexity index is 360. The molecular formula is C12H17N3O. The summed E-state index contributed by atoms with van der Waals surface area (Å²) in [4.78, 5) is 3.97. The molecule has 1 aromatic rings. The van der Waals surface area contributed by atoms with E-state index in [0.717, 1.165) is 25.1 Å². The molecule has 0 aliphatic carbocycles. The molecule has 1 unspecified atom stereocenters. The number of hydrogen-bond donors (Lipinski definition) is 2. The predicted octanol–water partition coefficient (Wildman–Crippen LogP) is 1.77. The number of nitrogens with one attached hydrogen (secondary N) is 1. The molecule has 1 atom stereocenters. The Balaban J connectivity index is 2.56. The fraction of sp³-hybridized carbons (Fsp3) is 0.500. The van der Waals surface area contributed by atoms with E-state index in [9.17, 15) is 0 Å². The summed E-state index contributed by atoms with van der Waals surface area (Å²) in [6.45, 7) is 3.06. The van der Waals surface area contributed by atoms with Crippen LogP contribution in [0.3, 0.4) is 0 Å². The molecular weight excluding hydrogens is 202 g/mol. The number of nitriles is 1. The van der Waals surface area contributed by atoms with Crippen LogP contribution in [0.1, 0.15) is 25.5 Å². The fourth-order valence-electron chi connectivity index (χ4n) is 1.52. The Kier molecular flexibility index (Phi) is 5.30. The molecule has 0 radical (unpaired) electrons. The van der Waals surface area contributed by atoms with Gasteiger partial charge in [-0.3, -0.25) is 0 Å². The fourth-order valence-corrected chi connectivity index (χ4v) is 1.52. The molecule has 4 heteroatoms. The summed E-state index contributed by atoms with van der Waals surface area (Å²) >= 11 is 0. The Morgan fingerprint density at radius 3 is 3.06 bits per heavy atom. The van der Waals surface area contributed by atoms with Crippen LogP contribution in [-0.2, 0) is 0 Å². The molecule has 16 heavy (non-hydrogen) atoms. The van der Waals surface area contributed by atoms with E-state index in [-0.39, 0.29) is 6.61 Å². The van der Waals surface area contributed by atoms with Crippen LogP contribution in [0, 0.1) is 17.2 Å². The van der Waals surface area contributed by atoms with Gasteiger partial charge in [-0.25, -0.2) is 4.98 Å². The zero-order valence-electron chi connectivity index (χ0n) is 9.48. The minimum atomic E-state index is 0.207. The van der Waals surface area contributed by atoms with Gasteiger partial charge in [-0.1, -0.05) is 13.3 Å². The Hall–Kier alpha value is -1.60. The van der Waals surface area contributed by atoms with Crippen molar-refractivity contribution < 1.29 is 5.11 Å². The van der Waals surface area contributed by atoms with Crippen molar-refractivity contribution in [2.45, 2.75) is 19.8 Å². The normalized spacial score (nSPS) is 11.8. The van der Waals surface area contributed by atoms with Crippen LogP contribution in [0.5, 0.6) is 0 Å². The summed E-state index contributed by atoms with van der Waals surface area (Å²) in [7, 11) is 0. The van der Waals surface area contributed by atoms with Crippen molar-refractivity contribution in [3.05, 3.63) is 24.0 Å². The maximum Gasteiger partial charge on any atom is 0.163 e. The Morgan fingerprint density at radius 2 is 2.44 bits per heavy atom. The molecule has 0 saturated carbocycles. The van der Waals surface area contributed by atoms with Gasteiger partial charge in [-0.15, -0.1) is 0 Å². The van der Waals surface area contributed by atoms with Gasteiger partial charge < -0.3 is 10.4 Å². The van der Waals surface area contributed by atoms with E-state index in [1.165, 1.54) is 0 Å². The molecule has 0 amide bonds. The highest BCUT2D eigenvalue weighted by molar-refractivity contribution is 5.53. The van der Waals surface area contributed by atoms with Crippen molar-refractivity contribution in [2.24, 2.45) is 5.92 Å². The summed E-state index contributed by atoms with van der Waals surface area (Å²) in [5.41, 5.74) is 1.18. The van der Waals surface area contributed by atoms with Crippen molar-refractivity contribution in [1.29, 1.82) is 5.26 Å². The van der Waals surface area contributed by atoms with E-state index < -0.39 is 0 Å². The number of anilines is 1. The molecule has 4 nitrogen and oxygen atoms in total. The number of hydrogen-bond acceptors (Lipinski definition) is 4. The minimum absolute atomic E-state index is 0.207. The quantitative estimate of drug-likeness (QED) is 0.765. The highest BCUT2D eigenvalue weighted by Gasteiger charge is 2.07. The van der Waals surface area contributed by atoms with Crippen LogP contribution in [-0.4, -0.2) is 23.2 Å². The maximum atomic E-state index is 8.87. The van der Waals surface area contributed by atoms with Crippen LogP contribution in [0.4, 0.5) is 5.69 Å². The average molecular weight is 219 g/mol. The molecule has 0 fully saturated rings. The van der Waals surface area contributed by atoms with E-state index in [1.807, 2.05) is 12.1 Å². The van der Waals surface area contributed by atoms with Crippen molar-refractivity contribution >= 4 is 5.69 Å². The molecule has 0 aliphatic heterocycles. The van der Waals surface area contributed by atoms with Crippen molar-refractivity contribution in [3.63, 3.8) is 0 Å². The lowest BCUT2D eigenvalue weighted by molar-refractivity contribution is 0.258. The van der Waals surface area contributed by atoms with Gasteiger partial charge in [0.2, 0.25) is 0 Å². The first-order valence-electron chi connectivity index (χ1n) is 5.51. The molecule has 1 heterocycles. The second kappa shape index (κ2) is 6.81. The van der Waals surface area contributed by atoms with Crippen LogP contribution in [0.2, 0.25) is 0 Å². The lowest BCUT2D eigenvalue weighted by atomic mass is 10.0. The van der Waals surface area contributed by atoms with Gasteiger partial charge in [-0.05, 0) is 24.5 Å². The number of aliphatic hydroxyl groups excluding tert-OH is 1. The number of aromatic nitrogens is 1. The Morgan fingerprint density at radius 1 is 1.62 bits per heavy atom. The standard InChI is InChI=1S/C12H17N3O/c1-2-10(5-7-16)9-15-11-4-3-6-14-12(11)8-13/h3-4,6,10,15-16H,2,5,7,9H2,1H3. The molecule has 86 valence electrons. The first-order chi connectivity index (χ1) is 7.81. The lowest BCUT2D eigenvalue weighted by Crippen LogP contribution is -2.15. The Labute approximate surface area is 95.9 Å². The van der Waals surface area contributed by atoms with E-state index >= 15 is 0 Å². The first kappa shape index (κ1) is 12.5. The summed E-state index contributed by atoms with van der Waals surface area (Å²) in [5.74, 6) is 0.428. The van der Waals surface area contributed by atoms with Crippen molar-refractivity contribution in [2.75, 3.05) is 18.5 Å². The van der Waals surface area contributed by atoms with Gasteiger partial charge in [0.15, 0.2) is 5.69 Å². The van der Waals surface area contributed by atoms with Crippen LogP contribution >= 0.6 is 0 Å². The van der Waals surface area contributed by atoms with Gasteiger partial charge in [-0.2, -0.15) is 5.26 Å². The second-order valence-corrected chi connectivity index (χ2v) is 3.68. The van der Waals surface area contributed by atoms with E-state index in [1.54, 1.807) is 12.3 Å². The van der Waals surface area contributed by atoms with Gasteiger partial charge >= 0.3 is 0 Å². The number of nitrogens with zero attached hydrogens (tertiary/aromatic N) is 2. The summed E-state index contributed by atoms with van der Waals surface area (Å²) < 4.78 is 0. The third-order valence-electron chi connectivity index (χ3n) is 2.61. The van der Waals surface area contributed by atoms with Gasteiger partial charge in [0.1, 0.15) is 6.07 Å². The third-order valence-corrected chi connectivity index (χ3v) is 2.61. The SMILES string of the molecule is CCC(CCO)CNc1cccnc1C#N. The molecule has 0 saturated heterocycles. The number of rotatable bonds is 6. The molecule has 0 aliphatic rings.